The second-order valence-electron chi connectivity index (χ2n) is 4.43. The zero-order valence-corrected chi connectivity index (χ0v) is 10.1. The smallest absolute Gasteiger partial charge is 0.153 e. The van der Waals surface area contributed by atoms with Gasteiger partial charge in [-0.3, -0.25) is 0 Å². The summed E-state index contributed by atoms with van der Waals surface area (Å²) >= 11 is 0. The quantitative estimate of drug-likeness (QED) is 0.846. The van der Waals surface area contributed by atoms with Gasteiger partial charge in [0.05, 0.1) is 11.5 Å². The lowest BCUT2D eigenvalue weighted by atomic mass is 9.92. The van der Waals surface area contributed by atoms with E-state index in [4.69, 9.17) is 0 Å². The molecule has 0 radical (unpaired) electrons. The molecule has 3 nitrogen and oxygen atoms in total. The summed E-state index contributed by atoms with van der Waals surface area (Å²) in [5.74, 6) is -0.0625. The number of rotatable bonds is 2. The number of hydrogen-bond donors (Lipinski definition) is 1. The van der Waals surface area contributed by atoms with Gasteiger partial charge >= 0.3 is 0 Å². The van der Waals surface area contributed by atoms with Crippen molar-refractivity contribution in [3.05, 3.63) is 35.4 Å². The van der Waals surface area contributed by atoms with Crippen LogP contribution in [0.25, 0.3) is 0 Å². The highest BCUT2D eigenvalue weighted by Crippen LogP contribution is 2.33. The van der Waals surface area contributed by atoms with Crippen LogP contribution in [0.2, 0.25) is 0 Å². The molecule has 1 aliphatic rings. The summed E-state index contributed by atoms with van der Waals surface area (Å²) in [6, 6.07) is 7.56. The van der Waals surface area contributed by atoms with Crippen molar-refractivity contribution in [3.8, 4) is 0 Å². The average Bonchev–Trinajstić information content (AvgIpc) is 2.55. The Morgan fingerprint density at radius 1 is 1.44 bits per heavy atom. The van der Waals surface area contributed by atoms with E-state index in [0.717, 1.165) is 17.5 Å². The summed E-state index contributed by atoms with van der Waals surface area (Å²) in [4.78, 5) is 0. The van der Waals surface area contributed by atoms with Crippen LogP contribution < -0.4 is 0 Å². The van der Waals surface area contributed by atoms with Crippen LogP contribution in [-0.2, 0) is 21.9 Å². The van der Waals surface area contributed by atoms with Gasteiger partial charge in [0.15, 0.2) is 9.84 Å². The third kappa shape index (κ3) is 2.13. The second-order valence-corrected chi connectivity index (χ2v) is 6.61. The first-order chi connectivity index (χ1) is 7.45. The van der Waals surface area contributed by atoms with Crippen LogP contribution in [0.4, 0.5) is 0 Å². The van der Waals surface area contributed by atoms with Crippen molar-refractivity contribution in [2.75, 3.05) is 11.5 Å². The van der Waals surface area contributed by atoms with Crippen molar-refractivity contribution in [3.63, 3.8) is 0 Å². The van der Waals surface area contributed by atoms with Crippen molar-refractivity contribution in [1.82, 2.24) is 0 Å². The summed E-state index contributed by atoms with van der Waals surface area (Å²) in [7, 11) is -3.07. The zero-order valence-electron chi connectivity index (χ0n) is 9.31. The highest BCUT2D eigenvalue weighted by molar-refractivity contribution is 7.91. The van der Waals surface area contributed by atoms with Crippen LogP contribution in [0.15, 0.2) is 24.3 Å². The maximum Gasteiger partial charge on any atom is 0.153 e. The molecule has 88 valence electrons. The molecule has 1 unspecified atom stereocenters. The molecule has 1 saturated heterocycles. The van der Waals surface area contributed by atoms with Gasteiger partial charge in [-0.1, -0.05) is 31.2 Å². The highest BCUT2D eigenvalue weighted by Gasteiger charge is 2.41. The fourth-order valence-corrected chi connectivity index (χ4v) is 3.97. The molecule has 16 heavy (non-hydrogen) atoms. The fourth-order valence-electron chi connectivity index (χ4n) is 2.14. The van der Waals surface area contributed by atoms with Gasteiger partial charge in [0.1, 0.15) is 5.60 Å². The topological polar surface area (TPSA) is 54.4 Å². The Bertz CT molecular complexity index is 493. The summed E-state index contributed by atoms with van der Waals surface area (Å²) in [6.07, 6.45) is 1.19. The van der Waals surface area contributed by atoms with Gasteiger partial charge < -0.3 is 5.11 Å². The summed E-state index contributed by atoms with van der Waals surface area (Å²) < 4.78 is 22.8. The SMILES string of the molecule is CCc1cccc(C2(O)CCS(=O)(=O)C2)c1. The summed E-state index contributed by atoms with van der Waals surface area (Å²) in [6.45, 7) is 2.04. The molecule has 0 aliphatic carbocycles. The third-order valence-electron chi connectivity index (χ3n) is 3.16. The Morgan fingerprint density at radius 3 is 2.75 bits per heavy atom. The molecule has 1 aromatic rings. The molecular formula is C12H16O3S. The Kier molecular flexibility index (Phi) is 2.80. The van der Waals surface area contributed by atoms with Gasteiger partial charge in [0.2, 0.25) is 0 Å². The first kappa shape index (κ1) is 11.6. The molecule has 1 aromatic carbocycles. The van der Waals surface area contributed by atoms with E-state index >= 15 is 0 Å². The first-order valence-electron chi connectivity index (χ1n) is 5.47. The molecule has 1 atom stereocenters. The van der Waals surface area contributed by atoms with Gasteiger partial charge in [-0.05, 0) is 24.0 Å². The van der Waals surface area contributed by atoms with E-state index in [-0.39, 0.29) is 11.5 Å². The third-order valence-corrected chi connectivity index (χ3v) is 4.90. The molecule has 0 aromatic heterocycles. The monoisotopic (exact) mass is 240 g/mol. The van der Waals surface area contributed by atoms with Crippen molar-refractivity contribution in [2.45, 2.75) is 25.4 Å². The molecule has 0 spiro atoms. The molecule has 1 heterocycles. The lowest BCUT2D eigenvalue weighted by Gasteiger charge is -2.21. The largest absolute Gasteiger partial charge is 0.384 e. The lowest BCUT2D eigenvalue weighted by molar-refractivity contribution is 0.0652. The predicted octanol–water partition coefficient (Wildman–Crippen LogP) is 1.26. The minimum absolute atomic E-state index is 0.0832. The maximum atomic E-state index is 11.4. The lowest BCUT2D eigenvalue weighted by Crippen LogP contribution is -2.26. The van der Waals surface area contributed by atoms with Crippen molar-refractivity contribution >= 4 is 9.84 Å². The van der Waals surface area contributed by atoms with Crippen molar-refractivity contribution in [2.24, 2.45) is 0 Å². The van der Waals surface area contributed by atoms with Crippen molar-refractivity contribution < 1.29 is 13.5 Å². The molecule has 2 rings (SSSR count). The number of hydrogen-bond acceptors (Lipinski definition) is 3. The number of benzene rings is 1. The van der Waals surface area contributed by atoms with Gasteiger partial charge in [-0.25, -0.2) is 8.42 Å². The van der Waals surface area contributed by atoms with Crippen LogP contribution in [0.5, 0.6) is 0 Å². The number of sulfone groups is 1. The standard InChI is InChI=1S/C12H16O3S/c1-2-10-4-3-5-11(8-10)12(13)6-7-16(14,15)9-12/h3-5,8,13H,2,6-7,9H2,1H3. The fraction of sp³-hybridized carbons (Fsp3) is 0.500. The molecule has 0 amide bonds. The summed E-state index contributed by atoms with van der Waals surface area (Å²) in [5, 5.41) is 10.3. The Hall–Kier alpha value is -0.870. The van der Waals surface area contributed by atoms with E-state index in [1.54, 1.807) is 6.07 Å². The first-order valence-corrected chi connectivity index (χ1v) is 7.29. The molecular weight excluding hydrogens is 224 g/mol. The Morgan fingerprint density at radius 2 is 2.19 bits per heavy atom. The van der Waals surface area contributed by atoms with E-state index in [2.05, 4.69) is 0 Å². The van der Waals surface area contributed by atoms with Gasteiger partial charge in [0, 0.05) is 0 Å². The van der Waals surface area contributed by atoms with Crippen LogP contribution >= 0.6 is 0 Å². The molecule has 1 fully saturated rings. The minimum Gasteiger partial charge on any atom is -0.384 e. The van der Waals surface area contributed by atoms with Gasteiger partial charge in [-0.15, -0.1) is 0 Å². The van der Waals surface area contributed by atoms with Crippen LogP contribution in [-0.4, -0.2) is 25.0 Å². The van der Waals surface area contributed by atoms with Gasteiger partial charge in [0.25, 0.3) is 0 Å². The molecule has 1 aliphatic heterocycles. The molecule has 1 N–H and O–H groups in total. The van der Waals surface area contributed by atoms with Gasteiger partial charge in [-0.2, -0.15) is 0 Å². The van der Waals surface area contributed by atoms with Crippen LogP contribution in [0, 0.1) is 0 Å². The van der Waals surface area contributed by atoms with Crippen LogP contribution in [0.3, 0.4) is 0 Å². The number of aryl methyl sites for hydroxylation is 1. The zero-order chi connectivity index (χ0) is 11.8. The average molecular weight is 240 g/mol. The van der Waals surface area contributed by atoms with Crippen molar-refractivity contribution in [1.29, 1.82) is 0 Å². The van der Waals surface area contributed by atoms with E-state index in [1.165, 1.54) is 0 Å². The Balaban J connectivity index is 2.37. The molecule has 4 heteroatoms. The summed E-state index contributed by atoms with van der Waals surface area (Å²) in [5.41, 5.74) is 0.674. The number of aliphatic hydroxyl groups is 1. The maximum absolute atomic E-state index is 11.4. The normalized spacial score (nSPS) is 28.1. The van der Waals surface area contributed by atoms with E-state index in [1.807, 2.05) is 25.1 Å². The Labute approximate surface area is 96.0 Å². The molecule has 0 bridgehead atoms. The van der Waals surface area contributed by atoms with E-state index in [9.17, 15) is 13.5 Å². The predicted molar refractivity (Wildman–Crippen MR) is 63.0 cm³/mol. The second kappa shape index (κ2) is 3.86. The molecule has 0 saturated carbocycles. The minimum atomic E-state index is -3.07. The highest BCUT2D eigenvalue weighted by atomic mass is 32.2. The van der Waals surface area contributed by atoms with Crippen LogP contribution in [0.1, 0.15) is 24.5 Å². The van der Waals surface area contributed by atoms with E-state index in [0.29, 0.717) is 6.42 Å². The van der Waals surface area contributed by atoms with E-state index < -0.39 is 15.4 Å².